The number of rotatable bonds is 4. The molecule has 0 radical (unpaired) electrons. The summed E-state index contributed by atoms with van der Waals surface area (Å²) in [5.74, 6) is -0.496. The first-order chi connectivity index (χ1) is 13.1. The Balaban J connectivity index is 1.58. The van der Waals surface area contributed by atoms with Crippen LogP contribution in [-0.2, 0) is 11.3 Å². The average molecular weight is 397 g/mol. The second kappa shape index (κ2) is 7.34. The van der Waals surface area contributed by atoms with E-state index in [0.717, 1.165) is 11.3 Å². The van der Waals surface area contributed by atoms with Crippen molar-refractivity contribution in [3.05, 3.63) is 92.7 Å². The molecular formula is C20H13ClN2O3S. The number of esters is 1. The number of carbonyl (C=O) groups excluding carboxylic acids is 1. The number of benzene rings is 2. The first-order valence-electron chi connectivity index (χ1n) is 8.10. The highest BCUT2D eigenvalue weighted by atomic mass is 35.5. The molecule has 2 heterocycles. The van der Waals surface area contributed by atoms with Crippen molar-refractivity contribution in [3.8, 4) is 11.3 Å². The fourth-order valence-corrected chi connectivity index (χ4v) is 3.71. The number of nitrogens with zero attached hydrogens (tertiary/aromatic N) is 2. The van der Waals surface area contributed by atoms with E-state index < -0.39 is 5.97 Å². The molecule has 0 atom stereocenters. The van der Waals surface area contributed by atoms with Crippen LogP contribution in [0.1, 0.15) is 16.1 Å². The van der Waals surface area contributed by atoms with Crippen LogP contribution in [0.25, 0.3) is 16.2 Å². The standard InChI is InChI=1S/C20H13ClN2O3S/c21-15-8-6-14(7-9-15)19(25)26-11-16-10-18(24)23-17(12-27-20(23)22-16)13-4-2-1-3-5-13/h1-10,12H,11H2. The smallest absolute Gasteiger partial charge is 0.338 e. The molecule has 0 saturated heterocycles. The number of hydrogen-bond donors (Lipinski definition) is 0. The topological polar surface area (TPSA) is 60.7 Å². The lowest BCUT2D eigenvalue weighted by Gasteiger charge is -2.06. The van der Waals surface area contributed by atoms with Crippen LogP contribution in [0, 0.1) is 0 Å². The summed E-state index contributed by atoms with van der Waals surface area (Å²) in [6.07, 6.45) is 0. The van der Waals surface area contributed by atoms with E-state index in [1.54, 1.807) is 28.7 Å². The van der Waals surface area contributed by atoms with Crippen LogP contribution >= 0.6 is 22.9 Å². The van der Waals surface area contributed by atoms with Crippen LogP contribution in [0.5, 0.6) is 0 Å². The number of thiazole rings is 1. The Morgan fingerprint density at radius 1 is 1.11 bits per heavy atom. The molecule has 0 aliphatic rings. The normalized spacial score (nSPS) is 10.9. The largest absolute Gasteiger partial charge is 0.456 e. The molecule has 5 nitrogen and oxygen atoms in total. The molecule has 0 bridgehead atoms. The minimum absolute atomic E-state index is 0.0776. The second-order valence-corrected chi connectivity index (χ2v) is 7.05. The van der Waals surface area contributed by atoms with E-state index in [4.69, 9.17) is 16.3 Å². The van der Waals surface area contributed by atoms with Gasteiger partial charge in [0, 0.05) is 16.5 Å². The Bertz CT molecular complexity index is 1170. The third-order valence-corrected chi connectivity index (χ3v) is 5.04. The van der Waals surface area contributed by atoms with E-state index in [2.05, 4.69) is 4.98 Å². The maximum Gasteiger partial charge on any atom is 0.338 e. The molecule has 134 valence electrons. The maximum atomic E-state index is 12.6. The monoisotopic (exact) mass is 396 g/mol. The van der Waals surface area contributed by atoms with Gasteiger partial charge < -0.3 is 4.74 Å². The van der Waals surface area contributed by atoms with Crippen molar-refractivity contribution in [1.29, 1.82) is 0 Å². The van der Waals surface area contributed by atoms with Crippen molar-refractivity contribution >= 4 is 33.9 Å². The van der Waals surface area contributed by atoms with Crippen molar-refractivity contribution in [2.24, 2.45) is 0 Å². The lowest BCUT2D eigenvalue weighted by molar-refractivity contribution is 0.0468. The van der Waals surface area contributed by atoms with Gasteiger partial charge in [0.1, 0.15) is 6.61 Å². The van der Waals surface area contributed by atoms with E-state index in [9.17, 15) is 9.59 Å². The summed E-state index contributed by atoms with van der Waals surface area (Å²) in [7, 11) is 0. The first kappa shape index (κ1) is 17.5. The van der Waals surface area contributed by atoms with E-state index >= 15 is 0 Å². The molecule has 0 amide bonds. The van der Waals surface area contributed by atoms with Crippen molar-refractivity contribution in [2.45, 2.75) is 6.61 Å². The molecule has 0 aliphatic heterocycles. The van der Waals surface area contributed by atoms with Crippen LogP contribution in [0.2, 0.25) is 5.02 Å². The Kier molecular flexibility index (Phi) is 4.75. The van der Waals surface area contributed by atoms with E-state index in [1.165, 1.54) is 17.4 Å². The molecule has 0 aliphatic carbocycles. The minimum atomic E-state index is -0.496. The Morgan fingerprint density at radius 2 is 1.85 bits per heavy atom. The summed E-state index contributed by atoms with van der Waals surface area (Å²) in [5.41, 5.74) is 2.31. The van der Waals surface area contributed by atoms with E-state index in [-0.39, 0.29) is 12.2 Å². The molecule has 0 N–H and O–H groups in total. The third-order valence-electron chi connectivity index (χ3n) is 3.96. The molecule has 2 aromatic heterocycles. The van der Waals surface area contributed by atoms with Gasteiger partial charge in [-0.3, -0.25) is 9.20 Å². The molecule has 0 fully saturated rings. The van der Waals surface area contributed by atoms with E-state index in [0.29, 0.717) is 21.2 Å². The zero-order chi connectivity index (χ0) is 18.8. The van der Waals surface area contributed by atoms with Gasteiger partial charge in [0.25, 0.3) is 5.56 Å². The molecule has 4 rings (SSSR count). The maximum absolute atomic E-state index is 12.6. The molecule has 4 aromatic rings. The number of ether oxygens (including phenoxy) is 1. The Morgan fingerprint density at radius 3 is 2.59 bits per heavy atom. The Labute approximate surface area is 163 Å². The second-order valence-electron chi connectivity index (χ2n) is 5.77. The van der Waals surface area contributed by atoms with Crippen molar-refractivity contribution in [2.75, 3.05) is 0 Å². The molecule has 27 heavy (non-hydrogen) atoms. The van der Waals surface area contributed by atoms with Crippen LogP contribution in [0.4, 0.5) is 0 Å². The molecule has 0 spiro atoms. The highest BCUT2D eigenvalue weighted by molar-refractivity contribution is 7.15. The summed E-state index contributed by atoms with van der Waals surface area (Å²) in [4.78, 5) is 29.7. The third kappa shape index (κ3) is 3.63. The lowest BCUT2D eigenvalue weighted by Crippen LogP contribution is -2.16. The van der Waals surface area contributed by atoms with Crippen LogP contribution in [-0.4, -0.2) is 15.4 Å². The van der Waals surface area contributed by atoms with Gasteiger partial charge in [0.15, 0.2) is 4.96 Å². The molecular weight excluding hydrogens is 384 g/mol. The summed E-state index contributed by atoms with van der Waals surface area (Å²) in [6, 6.07) is 17.4. The number of aromatic nitrogens is 2. The summed E-state index contributed by atoms with van der Waals surface area (Å²) < 4.78 is 6.82. The first-order valence-corrected chi connectivity index (χ1v) is 9.36. The fraction of sp³-hybridized carbons (Fsp3) is 0.0500. The number of fused-ring (bicyclic) bond motifs is 1. The molecule has 2 aromatic carbocycles. The lowest BCUT2D eigenvalue weighted by atomic mass is 10.2. The number of carbonyl (C=O) groups is 1. The van der Waals surface area contributed by atoms with Gasteiger partial charge in [-0.05, 0) is 29.8 Å². The molecule has 0 unspecified atom stereocenters. The highest BCUT2D eigenvalue weighted by Crippen LogP contribution is 2.23. The van der Waals surface area contributed by atoms with Gasteiger partial charge in [-0.2, -0.15) is 0 Å². The average Bonchev–Trinajstić information content (AvgIpc) is 3.12. The molecule has 0 saturated carbocycles. The number of hydrogen-bond acceptors (Lipinski definition) is 5. The Hall–Kier alpha value is -2.96. The zero-order valence-corrected chi connectivity index (χ0v) is 15.5. The van der Waals surface area contributed by atoms with Gasteiger partial charge in [-0.1, -0.05) is 41.9 Å². The van der Waals surface area contributed by atoms with Crippen molar-refractivity contribution < 1.29 is 9.53 Å². The number of halogens is 1. The summed E-state index contributed by atoms with van der Waals surface area (Å²) >= 11 is 7.18. The van der Waals surface area contributed by atoms with Crippen molar-refractivity contribution in [1.82, 2.24) is 9.38 Å². The van der Waals surface area contributed by atoms with Crippen LogP contribution < -0.4 is 5.56 Å². The summed E-state index contributed by atoms with van der Waals surface area (Å²) in [6.45, 7) is -0.0776. The zero-order valence-electron chi connectivity index (χ0n) is 14.0. The summed E-state index contributed by atoms with van der Waals surface area (Å²) in [5, 5.41) is 2.43. The van der Waals surface area contributed by atoms with Gasteiger partial charge in [0.2, 0.25) is 0 Å². The van der Waals surface area contributed by atoms with Gasteiger partial charge in [0.05, 0.1) is 17.0 Å². The van der Waals surface area contributed by atoms with E-state index in [1.807, 2.05) is 35.7 Å². The fourth-order valence-electron chi connectivity index (χ4n) is 2.66. The predicted molar refractivity (Wildman–Crippen MR) is 105 cm³/mol. The minimum Gasteiger partial charge on any atom is -0.456 e. The van der Waals surface area contributed by atoms with Crippen LogP contribution in [0.15, 0.2) is 70.8 Å². The van der Waals surface area contributed by atoms with Crippen molar-refractivity contribution in [3.63, 3.8) is 0 Å². The van der Waals surface area contributed by atoms with Gasteiger partial charge in [-0.25, -0.2) is 9.78 Å². The van der Waals surface area contributed by atoms with Crippen LogP contribution in [0.3, 0.4) is 0 Å². The molecule has 7 heteroatoms. The quantitative estimate of drug-likeness (QED) is 0.479. The van der Waals surface area contributed by atoms with Gasteiger partial charge in [-0.15, -0.1) is 11.3 Å². The van der Waals surface area contributed by atoms with Gasteiger partial charge >= 0.3 is 5.97 Å². The predicted octanol–water partition coefficient (Wildman–Crippen LogP) is 4.43. The SMILES string of the molecule is O=C(OCc1cc(=O)n2c(-c3ccccc3)csc2n1)c1ccc(Cl)cc1. The highest BCUT2D eigenvalue weighted by Gasteiger charge is 2.12.